The van der Waals surface area contributed by atoms with Gasteiger partial charge < -0.3 is 9.88 Å². The lowest BCUT2D eigenvalue weighted by Gasteiger charge is -2.26. The van der Waals surface area contributed by atoms with Gasteiger partial charge in [0.25, 0.3) is 0 Å². The molecule has 3 aromatic rings. The smallest absolute Gasteiger partial charge is 0.327 e. The summed E-state index contributed by atoms with van der Waals surface area (Å²) in [5, 5.41) is 0. The van der Waals surface area contributed by atoms with E-state index < -0.39 is 0 Å². The maximum atomic E-state index is 12.4. The van der Waals surface area contributed by atoms with Crippen LogP contribution in [0.4, 0.5) is 11.4 Å². The number of nitrogens with zero attached hydrogens (tertiary/aromatic N) is 3. The van der Waals surface area contributed by atoms with Crippen LogP contribution in [0.1, 0.15) is 13.3 Å². The third-order valence-corrected chi connectivity index (χ3v) is 4.12. The SMILES string of the molecule is C=Nc1ccccc1N(CCC(C)=O)Cn1c(=O)[nH]c2ccccc21. The van der Waals surface area contributed by atoms with Crippen molar-refractivity contribution < 1.29 is 4.79 Å². The van der Waals surface area contributed by atoms with E-state index in [1.807, 2.05) is 53.4 Å². The minimum Gasteiger partial charge on any atom is -0.351 e. The van der Waals surface area contributed by atoms with Gasteiger partial charge in [-0.1, -0.05) is 24.3 Å². The van der Waals surface area contributed by atoms with Crippen LogP contribution >= 0.6 is 0 Å². The molecule has 25 heavy (non-hydrogen) atoms. The molecular weight excluding hydrogens is 316 g/mol. The second kappa shape index (κ2) is 7.17. The summed E-state index contributed by atoms with van der Waals surface area (Å²) < 4.78 is 1.66. The maximum Gasteiger partial charge on any atom is 0.327 e. The van der Waals surface area contributed by atoms with Crippen molar-refractivity contribution in [2.45, 2.75) is 20.0 Å². The number of nitrogens with one attached hydrogen (secondary N) is 1. The Labute approximate surface area is 145 Å². The topological polar surface area (TPSA) is 70.5 Å². The molecule has 0 spiro atoms. The number of benzene rings is 2. The van der Waals surface area contributed by atoms with Crippen LogP contribution in [-0.2, 0) is 11.5 Å². The molecule has 0 amide bonds. The Hall–Kier alpha value is -3.15. The molecule has 0 aliphatic rings. The van der Waals surface area contributed by atoms with Crippen LogP contribution < -0.4 is 10.6 Å². The fraction of sp³-hybridized carbons (Fsp3) is 0.211. The zero-order valence-corrected chi connectivity index (χ0v) is 14.1. The molecule has 0 saturated heterocycles. The van der Waals surface area contributed by atoms with Gasteiger partial charge in [0.05, 0.1) is 29.1 Å². The van der Waals surface area contributed by atoms with Crippen molar-refractivity contribution in [1.82, 2.24) is 9.55 Å². The van der Waals surface area contributed by atoms with Crippen LogP contribution in [-0.4, -0.2) is 28.6 Å². The number of aromatic nitrogens is 2. The fourth-order valence-electron chi connectivity index (χ4n) is 2.84. The van der Waals surface area contributed by atoms with Crippen molar-refractivity contribution in [3.8, 4) is 0 Å². The van der Waals surface area contributed by atoms with Gasteiger partial charge in [-0.25, -0.2) is 4.79 Å². The van der Waals surface area contributed by atoms with Gasteiger partial charge in [0.2, 0.25) is 0 Å². The lowest BCUT2D eigenvalue weighted by atomic mass is 10.2. The van der Waals surface area contributed by atoms with E-state index in [0.717, 1.165) is 22.4 Å². The molecular formula is C19H20N4O2. The number of carbonyl (C=O) groups is 1. The van der Waals surface area contributed by atoms with Gasteiger partial charge in [0, 0.05) is 13.0 Å². The van der Waals surface area contributed by atoms with Crippen molar-refractivity contribution in [2.75, 3.05) is 11.4 Å². The van der Waals surface area contributed by atoms with Gasteiger partial charge in [-0.15, -0.1) is 0 Å². The predicted molar refractivity (Wildman–Crippen MR) is 101 cm³/mol. The molecule has 1 heterocycles. The maximum absolute atomic E-state index is 12.4. The first-order valence-corrected chi connectivity index (χ1v) is 8.08. The molecule has 0 fully saturated rings. The highest BCUT2D eigenvalue weighted by Gasteiger charge is 2.15. The van der Waals surface area contributed by atoms with Crippen LogP contribution in [0, 0.1) is 0 Å². The number of carbonyl (C=O) groups excluding carboxylic acids is 1. The molecule has 0 saturated carbocycles. The van der Waals surface area contributed by atoms with Crippen LogP contribution in [0.3, 0.4) is 0 Å². The summed E-state index contributed by atoms with van der Waals surface area (Å²) >= 11 is 0. The number of fused-ring (bicyclic) bond motifs is 1. The number of H-pyrrole nitrogens is 1. The zero-order valence-electron chi connectivity index (χ0n) is 14.1. The molecule has 0 radical (unpaired) electrons. The normalized spacial score (nSPS) is 10.8. The van der Waals surface area contributed by atoms with E-state index in [2.05, 4.69) is 16.7 Å². The van der Waals surface area contributed by atoms with Crippen molar-refractivity contribution in [3.05, 3.63) is 59.0 Å². The van der Waals surface area contributed by atoms with Crippen molar-refractivity contribution in [3.63, 3.8) is 0 Å². The molecule has 3 rings (SSSR count). The number of rotatable bonds is 7. The summed E-state index contributed by atoms with van der Waals surface area (Å²) in [6.45, 7) is 5.99. The Morgan fingerprint density at radius 2 is 1.92 bits per heavy atom. The quantitative estimate of drug-likeness (QED) is 0.674. The number of para-hydroxylation sites is 4. The first kappa shape index (κ1) is 16.7. The number of aromatic amines is 1. The molecule has 128 valence electrons. The number of hydrogen-bond donors (Lipinski definition) is 1. The highest BCUT2D eigenvalue weighted by molar-refractivity contribution is 5.77. The summed E-state index contributed by atoms with van der Waals surface area (Å²) in [7, 11) is 0. The standard InChI is InChI=1S/C19H20N4O2/c1-14(24)11-12-22(17-9-5-3-7-15(17)20-2)13-23-18-10-6-4-8-16(18)21-19(23)25/h3-10H,2,11-13H2,1H3,(H,21,25). The molecule has 0 aliphatic carbocycles. The van der Waals surface area contributed by atoms with Gasteiger partial charge in [0.15, 0.2) is 0 Å². The molecule has 0 atom stereocenters. The van der Waals surface area contributed by atoms with E-state index >= 15 is 0 Å². The molecule has 6 nitrogen and oxygen atoms in total. The summed E-state index contributed by atoms with van der Waals surface area (Å²) in [6, 6.07) is 15.1. The van der Waals surface area contributed by atoms with E-state index in [4.69, 9.17) is 0 Å². The van der Waals surface area contributed by atoms with Crippen molar-refractivity contribution in [1.29, 1.82) is 0 Å². The van der Waals surface area contributed by atoms with Crippen LogP contribution in [0.15, 0.2) is 58.3 Å². The first-order valence-electron chi connectivity index (χ1n) is 8.08. The van der Waals surface area contributed by atoms with Gasteiger partial charge in [-0.3, -0.25) is 14.4 Å². The van der Waals surface area contributed by atoms with Gasteiger partial charge in [-0.05, 0) is 37.9 Å². The summed E-state index contributed by atoms with van der Waals surface area (Å²) in [4.78, 5) is 32.8. The Morgan fingerprint density at radius 3 is 2.68 bits per heavy atom. The average molecular weight is 336 g/mol. The van der Waals surface area contributed by atoms with Gasteiger partial charge in [0.1, 0.15) is 5.78 Å². The number of anilines is 1. The van der Waals surface area contributed by atoms with Crippen LogP contribution in [0.2, 0.25) is 0 Å². The van der Waals surface area contributed by atoms with Gasteiger partial charge >= 0.3 is 5.69 Å². The lowest BCUT2D eigenvalue weighted by molar-refractivity contribution is -0.116. The van der Waals surface area contributed by atoms with Gasteiger partial charge in [-0.2, -0.15) is 0 Å². The van der Waals surface area contributed by atoms with E-state index in [1.165, 1.54) is 0 Å². The second-order valence-corrected chi connectivity index (χ2v) is 5.88. The number of aliphatic imine (C=N–C) groups is 1. The number of hydrogen-bond acceptors (Lipinski definition) is 4. The second-order valence-electron chi connectivity index (χ2n) is 5.88. The highest BCUT2D eigenvalue weighted by atomic mass is 16.1. The Balaban J connectivity index is 2.02. The first-order chi connectivity index (χ1) is 12.1. The minimum absolute atomic E-state index is 0.0975. The lowest BCUT2D eigenvalue weighted by Crippen LogP contribution is -2.32. The minimum atomic E-state index is -0.182. The highest BCUT2D eigenvalue weighted by Crippen LogP contribution is 2.28. The van der Waals surface area contributed by atoms with E-state index in [0.29, 0.717) is 19.6 Å². The van der Waals surface area contributed by atoms with Crippen LogP contribution in [0.5, 0.6) is 0 Å². The molecule has 1 aromatic heterocycles. The van der Waals surface area contributed by atoms with E-state index in [9.17, 15) is 9.59 Å². The van der Waals surface area contributed by atoms with E-state index in [-0.39, 0.29) is 11.5 Å². The molecule has 2 aromatic carbocycles. The number of ketones is 1. The largest absolute Gasteiger partial charge is 0.351 e. The Kier molecular flexibility index (Phi) is 4.79. The average Bonchev–Trinajstić information content (AvgIpc) is 2.93. The third-order valence-electron chi connectivity index (χ3n) is 4.12. The zero-order chi connectivity index (χ0) is 17.8. The molecule has 6 heteroatoms. The summed E-state index contributed by atoms with van der Waals surface area (Å²) in [5.74, 6) is 0.0975. The summed E-state index contributed by atoms with van der Waals surface area (Å²) in [6.07, 6.45) is 0.391. The number of imidazole rings is 1. The van der Waals surface area contributed by atoms with E-state index in [1.54, 1.807) is 11.5 Å². The third kappa shape index (κ3) is 3.52. The predicted octanol–water partition coefficient (Wildman–Crippen LogP) is 3.10. The van der Waals surface area contributed by atoms with Crippen LogP contribution in [0.25, 0.3) is 11.0 Å². The van der Waals surface area contributed by atoms with Crippen molar-refractivity contribution >= 4 is 34.9 Å². The summed E-state index contributed by atoms with van der Waals surface area (Å²) in [5.41, 5.74) is 2.99. The Morgan fingerprint density at radius 1 is 1.20 bits per heavy atom. The monoisotopic (exact) mass is 336 g/mol. The molecule has 0 bridgehead atoms. The van der Waals surface area contributed by atoms with Crippen molar-refractivity contribution in [2.24, 2.45) is 4.99 Å². The molecule has 1 N–H and O–H groups in total. The fourth-order valence-corrected chi connectivity index (χ4v) is 2.84. The Bertz CT molecular complexity index is 971. The molecule has 0 aliphatic heterocycles. The number of Topliss-reactive ketones (excluding diaryl/α,β-unsaturated/α-hetero) is 1. The molecule has 0 unspecified atom stereocenters.